The number of nitrogens with one attached hydrogen (secondary N) is 3. The second-order valence-electron chi connectivity index (χ2n) is 4.91. The van der Waals surface area contributed by atoms with Crippen molar-refractivity contribution in [3.8, 4) is 0 Å². The Morgan fingerprint density at radius 1 is 1.25 bits per heavy atom. The summed E-state index contributed by atoms with van der Waals surface area (Å²) < 4.78 is 5.06. The van der Waals surface area contributed by atoms with Crippen molar-refractivity contribution in [1.82, 2.24) is 15.3 Å². The number of ether oxygens (including phenoxy) is 1. The maximum atomic E-state index is 11.8. The molecule has 8 nitrogen and oxygen atoms in total. The van der Waals surface area contributed by atoms with Crippen LogP contribution >= 0.6 is 12.2 Å². The number of carboxylic acids is 1. The monoisotopic (exact) mass is 349 g/mol. The lowest BCUT2D eigenvalue weighted by molar-refractivity contribution is -0.139. The molecule has 0 fully saturated rings. The number of hydrogen-bond acceptors (Lipinski definition) is 5. The number of carboxylic acid groups (broad SMARTS) is 1. The number of alkyl carbamates (subject to hydrolysis) is 1. The number of aromatic amines is 2. The van der Waals surface area contributed by atoms with E-state index in [1.807, 2.05) is 6.07 Å². The number of H-pyrrole nitrogens is 2. The summed E-state index contributed by atoms with van der Waals surface area (Å²) in [5.74, 6) is -1.26. The fourth-order valence-corrected chi connectivity index (χ4v) is 2.19. The Balaban J connectivity index is 1.97. The largest absolute Gasteiger partial charge is 0.480 e. The van der Waals surface area contributed by atoms with E-state index in [1.54, 1.807) is 24.3 Å². The number of amides is 1. The molecule has 1 amide bonds. The number of aliphatic carboxylic acids is 1. The quantitative estimate of drug-likeness (QED) is 0.584. The lowest BCUT2D eigenvalue weighted by Crippen LogP contribution is -2.42. The zero-order valence-corrected chi connectivity index (χ0v) is 13.3. The van der Waals surface area contributed by atoms with E-state index in [1.165, 1.54) is 6.07 Å². The van der Waals surface area contributed by atoms with Crippen molar-refractivity contribution in [1.29, 1.82) is 0 Å². The molecule has 24 heavy (non-hydrogen) atoms. The SMILES string of the molecule is O=C(NC(Cc1cc(=O)[nH]c(=S)[nH]1)C(=O)O)OCc1ccccc1. The first-order chi connectivity index (χ1) is 11.4. The molecule has 0 saturated carbocycles. The molecule has 2 rings (SSSR count). The molecule has 0 aliphatic heterocycles. The highest BCUT2D eigenvalue weighted by Crippen LogP contribution is 2.02. The average molecular weight is 349 g/mol. The molecular formula is C15H15N3O5S. The van der Waals surface area contributed by atoms with E-state index in [0.717, 1.165) is 5.56 Å². The van der Waals surface area contributed by atoms with Gasteiger partial charge in [0.25, 0.3) is 5.56 Å². The normalized spacial score (nSPS) is 11.5. The number of carbonyl (C=O) groups excluding carboxylic acids is 1. The molecule has 0 aliphatic carbocycles. The van der Waals surface area contributed by atoms with Crippen LogP contribution in [0.3, 0.4) is 0 Å². The molecule has 0 radical (unpaired) electrons. The lowest BCUT2D eigenvalue weighted by Gasteiger charge is -2.14. The fourth-order valence-electron chi connectivity index (χ4n) is 1.96. The molecule has 1 aromatic heterocycles. The highest BCUT2D eigenvalue weighted by molar-refractivity contribution is 7.71. The Bertz CT molecular complexity index is 802. The predicted molar refractivity (Wildman–Crippen MR) is 87.1 cm³/mol. The third-order valence-electron chi connectivity index (χ3n) is 3.04. The third kappa shape index (κ3) is 5.36. The van der Waals surface area contributed by atoms with Crippen LogP contribution in [0.4, 0.5) is 4.79 Å². The second-order valence-corrected chi connectivity index (χ2v) is 5.32. The molecule has 0 saturated heterocycles. The minimum absolute atomic E-state index is 0.0203. The summed E-state index contributed by atoms with van der Waals surface area (Å²) in [5.41, 5.74) is 0.613. The summed E-state index contributed by atoms with van der Waals surface area (Å²) in [6, 6.07) is 8.90. The van der Waals surface area contributed by atoms with Crippen molar-refractivity contribution >= 4 is 24.3 Å². The number of rotatable bonds is 6. The van der Waals surface area contributed by atoms with Crippen molar-refractivity contribution in [2.75, 3.05) is 0 Å². The fraction of sp³-hybridized carbons (Fsp3) is 0.200. The van der Waals surface area contributed by atoms with Crippen LogP contribution in [0.2, 0.25) is 0 Å². The van der Waals surface area contributed by atoms with Gasteiger partial charge < -0.3 is 20.1 Å². The zero-order chi connectivity index (χ0) is 17.5. The van der Waals surface area contributed by atoms with Crippen molar-refractivity contribution in [2.45, 2.75) is 19.1 Å². The Morgan fingerprint density at radius 3 is 2.58 bits per heavy atom. The number of benzene rings is 1. The number of hydrogen-bond donors (Lipinski definition) is 4. The highest BCUT2D eigenvalue weighted by atomic mass is 32.1. The molecule has 9 heteroatoms. The summed E-state index contributed by atoms with van der Waals surface area (Å²) >= 11 is 4.82. The van der Waals surface area contributed by atoms with Crippen LogP contribution in [0.1, 0.15) is 11.3 Å². The molecular weight excluding hydrogens is 334 g/mol. The van der Waals surface area contributed by atoms with E-state index in [2.05, 4.69) is 15.3 Å². The molecule has 0 bridgehead atoms. The van der Waals surface area contributed by atoms with Gasteiger partial charge in [0, 0.05) is 18.2 Å². The van der Waals surface area contributed by atoms with Gasteiger partial charge in [0.05, 0.1) is 0 Å². The first-order valence-electron chi connectivity index (χ1n) is 6.96. The molecule has 1 heterocycles. The van der Waals surface area contributed by atoms with Gasteiger partial charge >= 0.3 is 12.1 Å². The first-order valence-corrected chi connectivity index (χ1v) is 7.37. The van der Waals surface area contributed by atoms with E-state index in [4.69, 9.17) is 17.0 Å². The van der Waals surface area contributed by atoms with Gasteiger partial charge in [-0.15, -0.1) is 0 Å². The molecule has 4 N–H and O–H groups in total. The van der Waals surface area contributed by atoms with E-state index >= 15 is 0 Å². The van der Waals surface area contributed by atoms with Crippen LogP contribution in [0.5, 0.6) is 0 Å². The van der Waals surface area contributed by atoms with E-state index in [0.29, 0.717) is 5.69 Å². The topological polar surface area (TPSA) is 124 Å². The molecule has 0 spiro atoms. The van der Waals surface area contributed by atoms with Gasteiger partial charge in [0.15, 0.2) is 4.77 Å². The average Bonchev–Trinajstić information content (AvgIpc) is 2.52. The summed E-state index contributed by atoms with van der Waals surface area (Å²) in [7, 11) is 0. The van der Waals surface area contributed by atoms with Gasteiger partial charge in [-0.25, -0.2) is 9.59 Å². The van der Waals surface area contributed by atoms with Crippen LogP contribution in [-0.4, -0.2) is 33.2 Å². The number of aromatic nitrogens is 2. The van der Waals surface area contributed by atoms with Crippen molar-refractivity contribution < 1.29 is 19.4 Å². The zero-order valence-electron chi connectivity index (χ0n) is 12.4. The van der Waals surface area contributed by atoms with Gasteiger partial charge in [-0.2, -0.15) is 0 Å². The summed E-state index contributed by atoms with van der Waals surface area (Å²) in [6.07, 6.45) is -1.00. The van der Waals surface area contributed by atoms with Crippen LogP contribution in [0.15, 0.2) is 41.2 Å². The van der Waals surface area contributed by atoms with Crippen LogP contribution < -0.4 is 10.9 Å². The van der Waals surface area contributed by atoms with Crippen LogP contribution in [0.25, 0.3) is 0 Å². The van der Waals surface area contributed by atoms with Gasteiger partial charge in [-0.05, 0) is 17.8 Å². The Hall–Kier alpha value is -2.94. The standard InChI is InChI=1S/C15H15N3O5S/c19-12-7-10(16-14(24)18-12)6-11(13(20)21)17-15(22)23-8-9-4-2-1-3-5-9/h1-5,7,11H,6,8H2,(H,17,22)(H,20,21)(H2,16,18,19,24). The summed E-state index contributed by atoms with van der Waals surface area (Å²) in [4.78, 5) is 39.4. The van der Waals surface area contributed by atoms with Crippen LogP contribution in [0, 0.1) is 4.77 Å². The molecule has 1 aromatic carbocycles. The molecule has 2 aromatic rings. The van der Waals surface area contributed by atoms with Gasteiger partial charge in [0.1, 0.15) is 12.6 Å². The van der Waals surface area contributed by atoms with Crippen molar-refractivity contribution in [3.63, 3.8) is 0 Å². The smallest absolute Gasteiger partial charge is 0.408 e. The van der Waals surface area contributed by atoms with Gasteiger partial charge in [-0.3, -0.25) is 9.78 Å². The summed E-state index contributed by atoms with van der Waals surface area (Å²) in [6.45, 7) is 0.0203. The Morgan fingerprint density at radius 2 is 1.96 bits per heavy atom. The number of carbonyl (C=O) groups is 2. The lowest BCUT2D eigenvalue weighted by atomic mass is 10.1. The minimum atomic E-state index is -1.26. The van der Waals surface area contributed by atoms with Crippen molar-refractivity contribution in [2.24, 2.45) is 0 Å². The second kappa shape index (κ2) is 8.06. The maximum absolute atomic E-state index is 11.8. The van der Waals surface area contributed by atoms with Crippen LogP contribution in [-0.2, 0) is 22.6 Å². The minimum Gasteiger partial charge on any atom is -0.480 e. The highest BCUT2D eigenvalue weighted by Gasteiger charge is 2.21. The van der Waals surface area contributed by atoms with Gasteiger partial charge in [0.2, 0.25) is 0 Å². The molecule has 1 atom stereocenters. The van der Waals surface area contributed by atoms with E-state index in [9.17, 15) is 19.5 Å². The predicted octanol–water partition coefficient (Wildman–Crippen LogP) is 1.35. The van der Waals surface area contributed by atoms with Crippen molar-refractivity contribution in [3.05, 3.63) is 62.8 Å². The van der Waals surface area contributed by atoms with E-state index in [-0.39, 0.29) is 17.8 Å². The first kappa shape index (κ1) is 17.4. The Kier molecular flexibility index (Phi) is 5.85. The van der Waals surface area contributed by atoms with Gasteiger partial charge in [-0.1, -0.05) is 30.3 Å². The summed E-state index contributed by atoms with van der Waals surface area (Å²) in [5, 5.41) is 11.5. The molecule has 1 unspecified atom stereocenters. The molecule has 126 valence electrons. The molecule has 0 aliphatic rings. The third-order valence-corrected chi connectivity index (χ3v) is 3.25. The maximum Gasteiger partial charge on any atom is 0.408 e. The van der Waals surface area contributed by atoms with E-state index < -0.39 is 23.7 Å². The Labute approximate surface area is 141 Å².